The Hall–Kier alpha value is -2.73. The minimum atomic E-state index is -0.501. The molecule has 3 atom stereocenters. The Morgan fingerprint density at radius 1 is 1.00 bits per heavy atom. The summed E-state index contributed by atoms with van der Waals surface area (Å²) in [7, 11) is 4.74. The van der Waals surface area contributed by atoms with Gasteiger partial charge in [-0.05, 0) is 42.7 Å². The smallest absolute Gasteiger partial charge is 0.411 e. The van der Waals surface area contributed by atoms with Crippen LogP contribution in [0.5, 0.6) is 11.5 Å². The summed E-state index contributed by atoms with van der Waals surface area (Å²) in [6.07, 6.45) is 3.80. The number of hydrogen-bond donors (Lipinski definition) is 1. The van der Waals surface area contributed by atoms with Gasteiger partial charge in [-0.1, -0.05) is 25.0 Å². The van der Waals surface area contributed by atoms with Crippen LogP contribution in [-0.2, 0) is 9.47 Å². The van der Waals surface area contributed by atoms with Gasteiger partial charge in [-0.3, -0.25) is 5.32 Å². The Kier molecular flexibility index (Phi) is 5.62. The average Bonchev–Trinajstić information content (AvgIpc) is 2.77. The lowest BCUT2D eigenvalue weighted by molar-refractivity contribution is -0.0406. The van der Waals surface area contributed by atoms with Crippen molar-refractivity contribution in [3.8, 4) is 11.5 Å². The van der Waals surface area contributed by atoms with Crippen LogP contribution in [0.3, 0.4) is 0 Å². The number of methoxy groups -OCH3 is 3. The van der Waals surface area contributed by atoms with Gasteiger partial charge in [0.1, 0.15) is 17.6 Å². The van der Waals surface area contributed by atoms with Crippen LogP contribution in [0.2, 0.25) is 0 Å². The maximum atomic E-state index is 11.6. The molecule has 4 rings (SSSR count). The van der Waals surface area contributed by atoms with Gasteiger partial charge in [-0.25, -0.2) is 4.79 Å². The lowest BCUT2D eigenvalue weighted by Gasteiger charge is -2.42. The van der Waals surface area contributed by atoms with E-state index in [1.165, 1.54) is 25.5 Å². The fourth-order valence-corrected chi connectivity index (χ4v) is 4.63. The number of ether oxygens (including phenoxy) is 4. The summed E-state index contributed by atoms with van der Waals surface area (Å²) in [5, 5.41) is 2.73. The van der Waals surface area contributed by atoms with Crippen LogP contribution >= 0.6 is 0 Å². The molecule has 0 bridgehead atoms. The van der Waals surface area contributed by atoms with Gasteiger partial charge in [0.05, 0.1) is 27.4 Å². The monoisotopic (exact) mass is 397 g/mol. The second-order valence-corrected chi connectivity index (χ2v) is 7.49. The minimum absolute atomic E-state index is 0.138. The van der Waals surface area contributed by atoms with Gasteiger partial charge in [-0.15, -0.1) is 0 Å². The third-order valence-corrected chi connectivity index (χ3v) is 5.91. The van der Waals surface area contributed by atoms with E-state index < -0.39 is 6.09 Å². The summed E-state index contributed by atoms with van der Waals surface area (Å²) in [6.45, 7) is 0. The molecule has 6 nitrogen and oxygen atoms in total. The zero-order valence-electron chi connectivity index (χ0n) is 17.1. The van der Waals surface area contributed by atoms with Crippen LogP contribution in [0.4, 0.5) is 10.5 Å². The molecule has 1 amide bonds. The van der Waals surface area contributed by atoms with E-state index in [0.29, 0.717) is 11.6 Å². The number of fused-ring (bicyclic) bond motifs is 3. The summed E-state index contributed by atoms with van der Waals surface area (Å²) in [6, 6.07) is 11.6. The number of amides is 1. The van der Waals surface area contributed by atoms with Gasteiger partial charge < -0.3 is 18.9 Å². The van der Waals surface area contributed by atoms with E-state index >= 15 is 0 Å². The van der Waals surface area contributed by atoms with Crippen molar-refractivity contribution < 1.29 is 23.7 Å². The Bertz CT molecular complexity index is 897. The molecule has 1 aliphatic carbocycles. The highest BCUT2D eigenvalue weighted by atomic mass is 16.5. The predicted octanol–water partition coefficient (Wildman–Crippen LogP) is 5.03. The Morgan fingerprint density at radius 3 is 2.45 bits per heavy atom. The number of nitrogens with one attached hydrogen (secondary N) is 1. The van der Waals surface area contributed by atoms with Crippen molar-refractivity contribution >= 4 is 11.8 Å². The van der Waals surface area contributed by atoms with E-state index in [9.17, 15) is 4.79 Å². The molecule has 0 saturated heterocycles. The fourth-order valence-electron chi connectivity index (χ4n) is 4.63. The number of benzene rings is 2. The molecule has 1 heterocycles. The normalized spacial score (nSPS) is 22.8. The Morgan fingerprint density at radius 2 is 1.72 bits per heavy atom. The molecular formula is C23H27NO5. The van der Waals surface area contributed by atoms with Gasteiger partial charge >= 0.3 is 6.09 Å². The summed E-state index contributed by atoms with van der Waals surface area (Å²) in [5.74, 6) is 1.98. The minimum Gasteiger partial charge on any atom is -0.496 e. The van der Waals surface area contributed by atoms with E-state index in [-0.39, 0.29) is 12.2 Å². The first-order chi connectivity index (χ1) is 14.2. The van der Waals surface area contributed by atoms with Crippen LogP contribution in [0.15, 0.2) is 36.4 Å². The number of carbonyl (C=O) groups is 1. The zero-order valence-corrected chi connectivity index (χ0v) is 17.1. The quantitative estimate of drug-likeness (QED) is 0.784. The summed E-state index contributed by atoms with van der Waals surface area (Å²) in [5.41, 5.74) is 3.83. The van der Waals surface area contributed by atoms with E-state index in [0.717, 1.165) is 35.5 Å². The van der Waals surface area contributed by atoms with Crippen LogP contribution in [0, 0.1) is 0 Å². The van der Waals surface area contributed by atoms with Crippen molar-refractivity contribution in [1.82, 2.24) is 0 Å². The van der Waals surface area contributed by atoms with Crippen molar-refractivity contribution in [3.05, 3.63) is 53.1 Å². The Labute approximate surface area is 171 Å². The molecule has 154 valence electrons. The molecule has 0 spiro atoms. The largest absolute Gasteiger partial charge is 0.496 e. The first-order valence-electron chi connectivity index (χ1n) is 10.0. The first-order valence-corrected chi connectivity index (χ1v) is 10.0. The average molecular weight is 397 g/mol. The van der Waals surface area contributed by atoms with Gasteiger partial charge in [0.2, 0.25) is 0 Å². The third-order valence-electron chi connectivity index (χ3n) is 5.91. The van der Waals surface area contributed by atoms with Crippen molar-refractivity contribution in [1.29, 1.82) is 0 Å². The molecule has 29 heavy (non-hydrogen) atoms. The molecule has 1 aliphatic heterocycles. The molecule has 2 aromatic carbocycles. The van der Waals surface area contributed by atoms with Crippen LogP contribution < -0.4 is 14.8 Å². The van der Waals surface area contributed by atoms with Gasteiger partial charge in [0, 0.05) is 22.7 Å². The molecule has 1 fully saturated rings. The molecule has 1 saturated carbocycles. The van der Waals surface area contributed by atoms with Gasteiger partial charge in [0.25, 0.3) is 0 Å². The van der Waals surface area contributed by atoms with Gasteiger partial charge in [0.15, 0.2) is 0 Å². The van der Waals surface area contributed by atoms with Gasteiger partial charge in [-0.2, -0.15) is 0 Å². The molecule has 0 unspecified atom stereocenters. The van der Waals surface area contributed by atoms with E-state index in [1.54, 1.807) is 14.2 Å². The molecule has 1 N–H and O–H groups in total. The van der Waals surface area contributed by atoms with Crippen LogP contribution in [-0.4, -0.2) is 33.5 Å². The predicted molar refractivity (Wildman–Crippen MR) is 110 cm³/mol. The fraction of sp³-hybridized carbons (Fsp3) is 0.435. The van der Waals surface area contributed by atoms with Crippen LogP contribution in [0.1, 0.15) is 54.4 Å². The topological polar surface area (TPSA) is 66.0 Å². The lowest BCUT2D eigenvalue weighted by Crippen LogP contribution is -2.34. The molecule has 0 radical (unpaired) electrons. The molecule has 2 aliphatic rings. The highest BCUT2D eigenvalue weighted by Gasteiger charge is 2.41. The van der Waals surface area contributed by atoms with E-state index in [2.05, 4.69) is 5.32 Å². The summed E-state index contributed by atoms with van der Waals surface area (Å²) >= 11 is 0. The second kappa shape index (κ2) is 8.33. The highest BCUT2D eigenvalue weighted by Crippen LogP contribution is 2.52. The SMILES string of the molecule is COC(=O)Nc1cccc([C@@H]2O[C@@H]3CCCC[C@@H]3c3c(OC)ccc(OC)c32)c1. The van der Waals surface area contributed by atoms with Crippen molar-refractivity contribution in [2.45, 2.75) is 43.8 Å². The molecule has 2 aromatic rings. The first kappa shape index (κ1) is 19.6. The lowest BCUT2D eigenvalue weighted by atomic mass is 9.75. The summed E-state index contributed by atoms with van der Waals surface area (Å²) < 4.78 is 22.8. The van der Waals surface area contributed by atoms with Crippen molar-refractivity contribution in [2.75, 3.05) is 26.6 Å². The number of rotatable bonds is 4. The number of hydrogen-bond acceptors (Lipinski definition) is 5. The third kappa shape index (κ3) is 3.65. The van der Waals surface area contributed by atoms with Crippen LogP contribution in [0.25, 0.3) is 0 Å². The maximum Gasteiger partial charge on any atom is 0.411 e. The summed E-state index contributed by atoms with van der Waals surface area (Å²) in [4.78, 5) is 11.6. The Balaban J connectivity index is 1.83. The molecule has 6 heteroatoms. The molecule has 0 aromatic heterocycles. The molecular weight excluding hydrogens is 370 g/mol. The highest BCUT2D eigenvalue weighted by molar-refractivity contribution is 5.84. The van der Waals surface area contributed by atoms with E-state index in [1.807, 2.05) is 36.4 Å². The standard InChI is InChI=1S/C23H27NO5/c1-26-18-11-12-19(27-2)21-20(18)16-9-4-5-10-17(16)29-22(21)14-7-6-8-15(13-14)24-23(25)28-3/h6-8,11-13,16-17,22H,4-5,9-10H2,1-3H3,(H,24,25)/t16-,17+,22-/m0/s1. The number of carbonyl (C=O) groups excluding carboxylic acids is 1. The maximum absolute atomic E-state index is 11.6. The zero-order chi connectivity index (χ0) is 20.4. The second-order valence-electron chi connectivity index (χ2n) is 7.49. The van der Waals surface area contributed by atoms with Crippen molar-refractivity contribution in [3.63, 3.8) is 0 Å². The number of anilines is 1. The van der Waals surface area contributed by atoms with E-state index in [4.69, 9.17) is 18.9 Å². The van der Waals surface area contributed by atoms with Crippen molar-refractivity contribution in [2.24, 2.45) is 0 Å².